The fourth-order valence-corrected chi connectivity index (χ4v) is 2.97. The van der Waals surface area contributed by atoms with Gasteiger partial charge in [0.1, 0.15) is 0 Å². The van der Waals surface area contributed by atoms with E-state index in [-0.39, 0.29) is 0 Å². The Bertz CT molecular complexity index is 443. The Morgan fingerprint density at radius 1 is 1.25 bits per heavy atom. The molecule has 1 heterocycles. The summed E-state index contributed by atoms with van der Waals surface area (Å²) in [6.07, 6.45) is 2.47. The average Bonchev–Trinajstić information content (AvgIpc) is 2.40. The third-order valence-electron chi connectivity index (χ3n) is 4.27. The van der Waals surface area contributed by atoms with Gasteiger partial charge >= 0.3 is 0 Å². The van der Waals surface area contributed by atoms with Crippen LogP contribution in [-0.2, 0) is 6.54 Å². The van der Waals surface area contributed by atoms with Gasteiger partial charge in [0.2, 0.25) is 0 Å². The highest BCUT2D eigenvalue weighted by atomic mass is 35.5. The lowest BCUT2D eigenvalue weighted by Crippen LogP contribution is -2.49. The Balaban J connectivity index is 1.80. The van der Waals surface area contributed by atoms with Crippen LogP contribution in [0.2, 0.25) is 5.02 Å². The van der Waals surface area contributed by atoms with E-state index in [0.717, 1.165) is 17.1 Å². The van der Waals surface area contributed by atoms with Crippen molar-refractivity contribution in [1.82, 2.24) is 10.2 Å². The van der Waals surface area contributed by atoms with Gasteiger partial charge in [0, 0.05) is 36.2 Å². The summed E-state index contributed by atoms with van der Waals surface area (Å²) in [5, 5.41) is 4.54. The van der Waals surface area contributed by atoms with Gasteiger partial charge in [-0.15, -0.1) is 0 Å². The van der Waals surface area contributed by atoms with Crippen molar-refractivity contribution >= 4 is 11.6 Å². The third-order valence-corrected chi connectivity index (χ3v) is 4.68. The molecule has 0 bridgehead atoms. The number of rotatable bonds is 3. The molecule has 1 fully saturated rings. The quantitative estimate of drug-likeness (QED) is 0.906. The summed E-state index contributed by atoms with van der Waals surface area (Å²) in [5.41, 5.74) is 2.72. The first-order valence-corrected chi connectivity index (χ1v) is 7.97. The van der Waals surface area contributed by atoms with E-state index < -0.39 is 0 Å². The van der Waals surface area contributed by atoms with Gasteiger partial charge in [-0.05, 0) is 57.7 Å². The van der Waals surface area contributed by atoms with E-state index in [4.69, 9.17) is 11.6 Å². The minimum Gasteiger partial charge on any atom is -0.310 e. The molecule has 0 spiro atoms. The summed E-state index contributed by atoms with van der Waals surface area (Å²) in [6, 6.07) is 6.97. The van der Waals surface area contributed by atoms with Crippen molar-refractivity contribution in [3.8, 4) is 0 Å². The number of piperidine rings is 1. The lowest BCUT2D eigenvalue weighted by molar-refractivity contribution is 0.0960. The molecular formula is C17H27ClN2. The Morgan fingerprint density at radius 2 is 1.90 bits per heavy atom. The minimum atomic E-state index is 0.301. The number of nitrogens with zero attached hydrogens (tertiary/aromatic N) is 1. The van der Waals surface area contributed by atoms with Crippen LogP contribution >= 0.6 is 11.6 Å². The zero-order valence-electron chi connectivity index (χ0n) is 13.2. The maximum atomic E-state index is 6.17. The van der Waals surface area contributed by atoms with Crippen LogP contribution in [0.3, 0.4) is 0 Å². The molecule has 1 aliphatic heterocycles. The second kappa shape index (κ2) is 6.46. The van der Waals surface area contributed by atoms with Crippen LogP contribution in [0.5, 0.6) is 0 Å². The van der Waals surface area contributed by atoms with Gasteiger partial charge in [0.25, 0.3) is 0 Å². The Labute approximate surface area is 128 Å². The van der Waals surface area contributed by atoms with Crippen molar-refractivity contribution in [3.05, 3.63) is 34.3 Å². The molecular weight excluding hydrogens is 268 g/mol. The lowest BCUT2D eigenvalue weighted by Gasteiger charge is -2.41. The molecule has 20 heavy (non-hydrogen) atoms. The fourth-order valence-electron chi connectivity index (χ4n) is 2.76. The molecule has 1 aromatic rings. The highest BCUT2D eigenvalue weighted by molar-refractivity contribution is 6.31. The number of likely N-dealkylation sites (tertiary alicyclic amines) is 1. The summed E-state index contributed by atoms with van der Waals surface area (Å²) in [5.74, 6) is 0. The predicted molar refractivity (Wildman–Crippen MR) is 87.4 cm³/mol. The van der Waals surface area contributed by atoms with Crippen molar-refractivity contribution in [2.24, 2.45) is 0 Å². The molecule has 0 amide bonds. The van der Waals surface area contributed by atoms with Crippen LogP contribution < -0.4 is 5.32 Å². The first-order chi connectivity index (χ1) is 9.36. The molecule has 0 radical (unpaired) electrons. The summed E-state index contributed by atoms with van der Waals surface area (Å²) in [7, 11) is 0. The second-order valence-corrected chi connectivity index (χ2v) is 7.30. The SMILES string of the molecule is Cc1ccc(CNC2CCN(C(C)(C)C)CC2)cc1Cl. The summed E-state index contributed by atoms with van der Waals surface area (Å²) >= 11 is 6.17. The zero-order chi connectivity index (χ0) is 14.8. The van der Waals surface area contributed by atoms with Gasteiger partial charge in [-0.1, -0.05) is 23.7 Å². The van der Waals surface area contributed by atoms with Crippen LogP contribution in [0.4, 0.5) is 0 Å². The van der Waals surface area contributed by atoms with Crippen LogP contribution in [0, 0.1) is 6.92 Å². The Hall–Kier alpha value is -0.570. The summed E-state index contributed by atoms with van der Waals surface area (Å²) < 4.78 is 0. The smallest absolute Gasteiger partial charge is 0.0438 e. The number of halogens is 1. The van der Waals surface area contributed by atoms with Crippen LogP contribution in [0.15, 0.2) is 18.2 Å². The van der Waals surface area contributed by atoms with Gasteiger partial charge < -0.3 is 5.32 Å². The van der Waals surface area contributed by atoms with Crippen molar-refractivity contribution in [2.75, 3.05) is 13.1 Å². The Kier molecular flexibility index (Phi) is 5.11. The molecule has 1 aliphatic rings. The molecule has 0 aliphatic carbocycles. The van der Waals surface area contributed by atoms with E-state index in [1.165, 1.54) is 31.5 Å². The van der Waals surface area contributed by atoms with Gasteiger partial charge in [-0.25, -0.2) is 0 Å². The topological polar surface area (TPSA) is 15.3 Å². The summed E-state index contributed by atoms with van der Waals surface area (Å²) in [4.78, 5) is 2.58. The predicted octanol–water partition coefficient (Wildman–Crippen LogP) is 4.00. The highest BCUT2D eigenvalue weighted by Crippen LogP contribution is 2.21. The fraction of sp³-hybridized carbons (Fsp3) is 0.647. The molecule has 1 N–H and O–H groups in total. The molecule has 0 saturated carbocycles. The number of hydrogen-bond acceptors (Lipinski definition) is 2. The average molecular weight is 295 g/mol. The lowest BCUT2D eigenvalue weighted by atomic mass is 9.98. The number of hydrogen-bond donors (Lipinski definition) is 1. The van der Waals surface area contributed by atoms with Crippen molar-refractivity contribution < 1.29 is 0 Å². The largest absolute Gasteiger partial charge is 0.310 e. The number of benzene rings is 1. The van der Waals surface area contributed by atoms with Crippen molar-refractivity contribution in [1.29, 1.82) is 0 Å². The third kappa shape index (κ3) is 4.21. The van der Waals surface area contributed by atoms with E-state index in [1.807, 2.05) is 6.92 Å². The zero-order valence-corrected chi connectivity index (χ0v) is 13.9. The van der Waals surface area contributed by atoms with E-state index in [9.17, 15) is 0 Å². The minimum absolute atomic E-state index is 0.301. The molecule has 1 aromatic carbocycles. The molecule has 2 nitrogen and oxygen atoms in total. The summed E-state index contributed by atoms with van der Waals surface area (Å²) in [6.45, 7) is 12.2. The number of nitrogens with one attached hydrogen (secondary N) is 1. The van der Waals surface area contributed by atoms with Gasteiger partial charge in [-0.2, -0.15) is 0 Å². The van der Waals surface area contributed by atoms with E-state index in [1.54, 1.807) is 0 Å². The maximum absolute atomic E-state index is 6.17. The standard InChI is InChI=1S/C17H27ClN2/c1-13-5-6-14(11-16(13)18)12-19-15-7-9-20(10-8-15)17(2,3)4/h5-6,11,15,19H,7-10,12H2,1-4H3. The van der Waals surface area contributed by atoms with Gasteiger partial charge in [0.05, 0.1) is 0 Å². The maximum Gasteiger partial charge on any atom is 0.0438 e. The van der Waals surface area contributed by atoms with Crippen LogP contribution in [0.25, 0.3) is 0 Å². The van der Waals surface area contributed by atoms with E-state index in [0.29, 0.717) is 11.6 Å². The van der Waals surface area contributed by atoms with E-state index in [2.05, 4.69) is 49.2 Å². The molecule has 0 aromatic heterocycles. The van der Waals surface area contributed by atoms with Crippen LogP contribution in [0.1, 0.15) is 44.7 Å². The molecule has 3 heteroatoms. The van der Waals surface area contributed by atoms with E-state index >= 15 is 0 Å². The Morgan fingerprint density at radius 3 is 2.45 bits per heavy atom. The second-order valence-electron chi connectivity index (χ2n) is 6.90. The first-order valence-electron chi connectivity index (χ1n) is 7.60. The van der Waals surface area contributed by atoms with Crippen molar-refractivity contribution in [3.63, 3.8) is 0 Å². The molecule has 112 valence electrons. The molecule has 1 saturated heterocycles. The molecule has 0 atom stereocenters. The number of aryl methyl sites for hydroxylation is 1. The van der Waals surface area contributed by atoms with Crippen LogP contribution in [-0.4, -0.2) is 29.6 Å². The molecule has 0 unspecified atom stereocenters. The monoisotopic (exact) mass is 294 g/mol. The first kappa shape index (κ1) is 15.8. The molecule has 2 rings (SSSR count). The normalized spacial score (nSPS) is 18.4. The van der Waals surface area contributed by atoms with Crippen molar-refractivity contribution in [2.45, 2.75) is 58.7 Å². The highest BCUT2D eigenvalue weighted by Gasteiger charge is 2.26. The van der Waals surface area contributed by atoms with Gasteiger partial charge in [-0.3, -0.25) is 4.90 Å². The van der Waals surface area contributed by atoms with Gasteiger partial charge in [0.15, 0.2) is 0 Å².